The molecule has 3 rings (SSSR count). The summed E-state index contributed by atoms with van der Waals surface area (Å²) in [5.74, 6) is -1.33. The van der Waals surface area contributed by atoms with Crippen LogP contribution in [0.3, 0.4) is 0 Å². The molecule has 0 atom stereocenters. The Morgan fingerprint density at radius 3 is 2.46 bits per heavy atom. The molecule has 0 spiro atoms. The van der Waals surface area contributed by atoms with Crippen LogP contribution in [0.15, 0.2) is 58.1 Å². The molecule has 0 bridgehead atoms. The van der Waals surface area contributed by atoms with E-state index in [-0.39, 0.29) is 11.1 Å². The normalized spacial score (nSPS) is 10.5. The lowest BCUT2D eigenvalue weighted by atomic mass is 10.0. The summed E-state index contributed by atoms with van der Waals surface area (Å²) in [5, 5.41) is 13.3. The Morgan fingerprint density at radius 2 is 1.83 bits per heavy atom. The van der Waals surface area contributed by atoms with E-state index in [9.17, 15) is 19.5 Å². The van der Waals surface area contributed by atoms with Crippen LogP contribution in [-0.2, 0) is 7.05 Å². The molecule has 2 aromatic heterocycles. The Balaban J connectivity index is 2.34. The minimum atomic E-state index is -1.33. The largest absolute Gasteiger partial charge is 0.477 e. The summed E-state index contributed by atoms with van der Waals surface area (Å²) in [6, 6.07) is 13.1. The van der Waals surface area contributed by atoms with Gasteiger partial charge in [0.1, 0.15) is 5.56 Å². The quantitative estimate of drug-likeness (QED) is 0.760. The third-order valence-electron chi connectivity index (χ3n) is 3.57. The number of nitrogens with one attached hydrogen (secondary N) is 1. The van der Waals surface area contributed by atoms with E-state index in [0.717, 1.165) is 4.68 Å². The number of nitrogens with zero attached hydrogens (tertiary/aromatic N) is 2. The standard InChI is InChI=1S/C17H13N3O4/c1-20-14(21)8-7-13(19-20)11-9-12(17(23)24)16(22)18-15(11)10-5-3-2-4-6-10/h2-9H,1H3,(H,18,22)(H,23,24). The average Bonchev–Trinajstić information content (AvgIpc) is 2.57. The van der Waals surface area contributed by atoms with Gasteiger partial charge in [-0.1, -0.05) is 30.3 Å². The third-order valence-corrected chi connectivity index (χ3v) is 3.57. The lowest BCUT2D eigenvalue weighted by molar-refractivity contribution is 0.0695. The van der Waals surface area contributed by atoms with Crippen LogP contribution >= 0.6 is 0 Å². The number of rotatable bonds is 3. The summed E-state index contributed by atoms with van der Waals surface area (Å²) < 4.78 is 1.15. The number of carboxylic acids is 1. The van der Waals surface area contributed by atoms with Gasteiger partial charge >= 0.3 is 5.97 Å². The van der Waals surface area contributed by atoms with Gasteiger partial charge < -0.3 is 10.1 Å². The molecular formula is C17H13N3O4. The van der Waals surface area contributed by atoms with Crippen LogP contribution in [0.2, 0.25) is 0 Å². The maximum atomic E-state index is 12.0. The van der Waals surface area contributed by atoms with E-state index in [1.165, 1.54) is 25.2 Å². The summed E-state index contributed by atoms with van der Waals surface area (Å²) in [7, 11) is 1.50. The van der Waals surface area contributed by atoms with E-state index in [4.69, 9.17) is 0 Å². The molecule has 7 heteroatoms. The number of hydrogen-bond acceptors (Lipinski definition) is 4. The number of hydrogen-bond donors (Lipinski definition) is 2. The van der Waals surface area contributed by atoms with Gasteiger partial charge in [0.15, 0.2) is 0 Å². The van der Waals surface area contributed by atoms with Gasteiger partial charge in [0, 0.05) is 18.7 Å². The van der Waals surface area contributed by atoms with Crippen LogP contribution in [0.5, 0.6) is 0 Å². The second-order valence-electron chi connectivity index (χ2n) is 5.15. The maximum Gasteiger partial charge on any atom is 0.341 e. The van der Waals surface area contributed by atoms with Crippen molar-refractivity contribution < 1.29 is 9.90 Å². The molecule has 1 aromatic carbocycles. The smallest absolute Gasteiger partial charge is 0.341 e. The third kappa shape index (κ3) is 2.74. The number of carboxylic acid groups (broad SMARTS) is 1. The van der Waals surface area contributed by atoms with E-state index in [0.29, 0.717) is 22.5 Å². The van der Waals surface area contributed by atoms with Gasteiger partial charge in [-0.05, 0) is 17.7 Å². The highest BCUT2D eigenvalue weighted by molar-refractivity contribution is 5.91. The Kier molecular flexibility index (Phi) is 3.83. The van der Waals surface area contributed by atoms with Crippen molar-refractivity contribution in [2.45, 2.75) is 0 Å². The molecule has 0 amide bonds. The van der Waals surface area contributed by atoms with Gasteiger partial charge in [-0.25, -0.2) is 9.48 Å². The van der Waals surface area contributed by atoms with Gasteiger partial charge in [-0.3, -0.25) is 9.59 Å². The zero-order valence-corrected chi connectivity index (χ0v) is 12.7. The molecule has 0 aliphatic heterocycles. The zero-order chi connectivity index (χ0) is 17.3. The van der Waals surface area contributed by atoms with Crippen molar-refractivity contribution in [3.63, 3.8) is 0 Å². The van der Waals surface area contributed by atoms with E-state index >= 15 is 0 Å². The molecular weight excluding hydrogens is 310 g/mol. The molecule has 0 saturated carbocycles. The first-order chi connectivity index (χ1) is 11.5. The molecule has 0 fully saturated rings. The van der Waals surface area contributed by atoms with Crippen LogP contribution in [0.25, 0.3) is 22.5 Å². The average molecular weight is 323 g/mol. The Labute approximate surface area is 135 Å². The second kappa shape index (κ2) is 5.96. The number of aryl methyl sites for hydroxylation is 1. The number of pyridine rings is 1. The van der Waals surface area contributed by atoms with Crippen LogP contribution in [-0.4, -0.2) is 25.8 Å². The van der Waals surface area contributed by atoms with Crippen LogP contribution < -0.4 is 11.1 Å². The fourth-order valence-corrected chi connectivity index (χ4v) is 2.37. The van der Waals surface area contributed by atoms with Crippen molar-refractivity contribution in [2.24, 2.45) is 7.05 Å². The van der Waals surface area contributed by atoms with E-state index in [1.807, 2.05) is 6.07 Å². The predicted molar refractivity (Wildman–Crippen MR) is 87.9 cm³/mol. The van der Waals surface area contributed by atoms with Gasteiger partial charge in [0.05, 0.1) is 11.4 Å². The summed E-state index contributed by atoms with van der Waals surface area (Å²) in [6.07, 6.45) is 0. The second-order valence-corrected chi connectivity index (χ2v) is 5.15. The Morgan fingerprint density at radius 1 is 1.12 bits per heavy atom. The number of aromatic carboxylic acids is 1. The molecule has 24 heavy (non-hydrogen) atoms. The van der Waals surface area contributed by atoms with Gasteiger partial charge in [0.2, 0.25) is 0 Å². The topological polar surface area (TPSA) is 105 Å². The summed E-state index contributed by atoms with van der Waals surface area (Å²) in [5.41, 5.74) is 0.579. The van der Waals surface area contributed by atoms with Crippen molar-refractivity contribution >= 4 is 5.97 Å². The van der Waals surface area contributed by atoms with Crippen molar-refractivity contribution in [1.29, 1.82) is 0 Å². The lowest BCUT2D eigenvalue weighted by Gasteiger charge is -2.11. The first kappa shape index (κ1) is 15.4. The molecule has 3 aromatic rings. The number of aromatic nitrogens is 3. The SMILES string of the molecule is Cn1nc(-c2cc(C(=O)O)c(=O)[nH]c2-c2ccccc2)ccc1=O. The van der Waals surface area contributed by atoms with Crippen molar-refractivity contribution in [1.82, 2.24) is 14.8 Å². The van der Waals surface area contributed by atoms with E-state index in [1.54, 1.807) is 24.3 Å². The number of H-pyrrole nitrogens is 1. The van der Waals surface area contributed by atoms with Crippen molar-refractivity contribution in [3.8, 4) is 22.5 Å². The summed E-state index contributed by atoms with van der Waals surface area (Å²) in [6.45, 7) is 0. The minimum absolute atomic E-state index is 0.289. The van der Waals surface area contributed by atoms with Crippen LogP contribution in [0.4, 0.5) is 0 Å². The molecule has 2 N–H and O–H groups in total. The summed E-state index contributed by atoms with van der Waals surface area (Å²) >= 11 is 0. The van der Waals surface area contributed by atoms with Crippen molar-refractivity contribution in [3.05, 3.63) is 74.8 Å². The molecule has 0 saturated heterocycles. The summed E-state index contributed by atoms with van der Waals surface area (Å²) in [4.78, 5) is 37.5. The highest BCUT2D eigenvalue weighted by Gasteiger charge is 2.17. The van der Waals surface area contributed by atoms with Gasteiger partial charge in [0.25, 0.3) is 11.1 Å². The molecule has 0 aliphatic carbocycles. The van der Waals surface area contributed by atoms with Crippen LogP contribution in [0.1, 0.15) is 10.4 Å². The maximum absolute atomic E-state index is 12.0. The number of carbonyl (C=O) groups is 1. The van der Waals surface area contributed by atoms with Crippen molar-refractivity contribution in [2.75, 3.05) is 0 Å². The zero-order valence-electron chi connectivity index (χ0n) is 12.7. The molecule has 0 unspecified atom stereocenters. The Bertz CT molecular complexity index is 1040. The molecule has 7 nitrogen and oxygen atoms in total. The van der Waals surface area contributed by atoms with Crippen LogP contribution in [0, 0.1) is 0 Å². The Hall–Kier alpha value is -3.48. The highest BCUT2D eigenvalue weighted by atomic mass is 16.4. The first-order valence-corrected chi connectivity index (χ1v) is 7.08. The van der Waals surface area contributed by atoms with E-state index < -0.39 is 11.5 Å². The van der Waals surface area contributed by atoms with Gasteiger partial charge in [-0.15, -0.1) is 0 Å². The molecule has 2 heterocycles. The lowest BCUT2D eigenvalue weighted by Crippen LogP contribution is -2.20. The number of aromatic amines is 1. The minimum Gasteiger partial charge on any atom is -0.477 e. The van der Waals surface area contributed by atoms with Gasteiger partial charge in [-0.2, -0.15) is 5.10 Å². The highest BCUT2D eigenvalue weighted by Crippen LogP contribution is 2.28. The van der Waals surface area contributed by atoms with E-state index in [2.05, 4.69) is 10.1 Å². The monoisotopic (exact) mass is 323 g/mol. The molecule has 0 aliphatic rings. The number of benzene rings is 1. The molecule has 0 radical (unpaired) electrons. The fraction of sp³-hybridized carbons (Fsp3) is 0.0588. The fourth-order valence-electron chi connectivity index (χ4n) is 2.37. The first-order valence-electron chi connectivity index (χ1n) is 7.08. The molecule has 120 valence electrons. The predicted octanol–water partition coefficient (Wildman–Crippen LogP) is 1.50.